The summed E-state index contributed by atoms with van der Waals surface area (Å²) in [6.45, 7) is 0. The van der Waals surface area contributed by atoms with E-state index < -0.39 is 0 Å². The van der Waals surface area contributed by atoms with Crippen LogP contribution in [0.2, 0.25) is 10.2 Å². The Kier molecular flexibility index (Phi) is 5.43. The second-order valence-corrected chi connectivity index (χ2v) is 5.89. The maximum absolute atomic E-state index is 12.2. The molecule has 0 N–H and O–H groups in total. The van der Waals surface area contributed by atoms with E-state index in [-0.39, 0.29) is 5.78 Å². The van der Waals surface area contributed by atoms with Crippen molar-refractivity contribution in [1.29, 1.82) is 0 Å². The molecular formula is C19H12Cl2N2O2. The van der Waals surface area contributed by atoms with Gasteiger partial charge in [-0.25, -0.2) is 0 Å². The lowest BCUT2D eigenvalue weighted by atomic mass is 10.1. The van der Waals surface area contributed by atoms with Crippen LogP contribution in [0.3, 0.4) is 0 Å². The number of benzene rings is 2. The monoisotopic (exact) mass is 370 g/mol. The average molecular weight is 371 g/mol. The van der Waals surface area contributed by atoms with Crippen LogP contribution in [0.1, 0.15) is 15.9 Å². The minimum absolute atomic E-state index is 0.104. The number of rotatable bonds is 5. The standard InChI is InChI=1S/C19H12Cl2N2O2/c20-15-6-1-13(2-7-15)3-10-17(24)14-4-8-16(9-5-14)25-19-12-11-18(21)22-23-19/h1-12H. The fourth-order valence-corrected chi connectivity index (χ4v) is 2.23. The lowest BCUT2D eigenvalue weighted by molar-refractivity contribution is 0.104. The van der Waals surface area contributed by atoms with Crippen LogP contribution in [0.15, 0.2) is 66.7 Å². The molecule has 3 aromatic rings. The van der Waals surface area contributed by atoms with Gasteiger partial charge in [-0.3, -0.25) is 4.79 Å². The van der Waals surface area contributed by atoms with E-state index in [9.17, 15) is 4.79 Å². The molecule has 0 aliphatic heterocycles. The van der Waals surface area contributed by atoms with Gasteiger partial charge in [-0.2, -0.15) is 0 Å². The molecule has 3 rings (SSSR count). The van der Waals surface area contributed by atoms with Crippen LogP contribution in [0.25, 0.3) is 6.08 Å². The van der Waals surface area contributed by atoms with Crippen molar-refractivity contribution >= 4 is 35.1 Å². The number of allylic oxidation sites excluding steroid dienone is 1. The number of hydrogen-bond donors (Lipinski definition) is 0. The molecule has 0 fully saturated rings. The first-order valence-electron chi connectivity index (χ1n) is 7.35. The molecule has 0 aliphatic carbocycles. The highest BCUT2D eigenvalue weighted by Gasteiger charge is 2.04. The molecule has 2 aromatic carbocycles. The Labute approximate surface area is 154 Å². The van der Waals surface area contributed by atoms with Gasteiger partial charge in [-0.1, -0.05) is 41.4 Å². The summed E-state index contributed by atoms with van der Waals surface area (Å²) in [4.78, 5) is 12.2. The van der Waals surface area contributed by atoms with Crippen LogP contribution in [0, 0.1) is 0 Å². The molecule has 0 radical (unpaired) electrons. The van der Waals surface area contributed by atoms with Gasteiger partial charge in [0.05, 0.1) is 0 Å². The van der Waals surface area contributed by atoms with Crippen LogP contribution >= 0.6 is 23.2 Å². The SMILES string of the molecule is O=C(C=Cc1ccc(Cl)cc1)c1ccc(Oc2ccc(Cl)nn2)cc1. The minimum atomic E-state index is -0.104. The number of carbonyl (C=O) groups is 1. The first-order valence-corrected chi connectivity index (χ1v) is 8.11. The summed E-state index contributed by atoms with van der Waals surface area (Å²) in [5, 5.41) is 8.46. The molecule has 25 heavy (non-hydrogen) atoms. The molecule has 0 atom stereocenters. The van der Waals surface area contributed by atoms with Crippen molar-refractivity contribution in [2.45, 2.75) is 0 Å². The number of halogens is 2. The molecule has 0 unspecified atom stereocenters. The molecule has 0 amide bonds. The smallest absolute Gasteiger partial charge is 0.238 e. The van der Waals surface area contributed by atoms with Crippen molar-refractivity contribution in [3.8, 4) is 11.6 Å². The van der Waals surface area contributed by atoms with Crippen molar-refractivity contribution in [1.82, 2.24) is 10.2 Å². The van der Waals surface area contributed by atoms with Gasteiger partial charge >= 0.3 is 0 Å². The van der Waals surface area contributed by atoms with Crippen molar-refractivity contribution in [2.24, 2.45) is 0 Å². The first-order chi connectivity index (χ1) is 12.1. The van der Waals surface area contributed by atoms with Crippen LogP contribution in [0.4, 0.5) is 0 Å². The summed E-state index contributed by atoms with van der Waals surface area (Å²) in [6, 6.07) is 17.2. The second kappa shape index (κ2) is 7.92. The van der Waals surface area contributed by atoms with E-state index in [0.717, 1.165) is 5.56 Å². The van der Waals surface area contributed by atoms with Crippen LogP contribution in [-0.2, 0) is 0 Å². The zero-order chi connectivity index (χ0) is 17.6. The highest BCUT2D eigenvalue weighted by Crippen LogP contribution is 2.20. The summed E-state index contributed by atoms with van der Waals surface area (Å²) in [6.07, 6.45) is 3.26. The third kappa shape index (κ3) is 4.89. The molecule has 4 nitrogen and oxygen atoms in total. The Balaban J connectivity index is 1.65. The van der Waals surface area contributed by atoms with Gasteiger partial charge in [0.15, 0.2) is 10.9 Å². The molecular weight excluding hydrogens is 359 g/mol. The van der Waals surface area contributed by atoms with E-state index in [2.05, 4.69) is 10.2 Å². The number of carbonyl (C=O) groups excluding carboxylic acids is 1. The third-order valence-corrected chi connectivity index (χ3v) is 3.72. The predicted octanol–water partition coefficient (Wildman–Crippen LogP) is 5.47. The number of ketones is 1. The summed E-state index contributed by atoms with van der Waals surface area (Å²) in [7, 11) is 0. The van der Waals surface area contributed by atoms with Crippen LogP contribution < -0.4 is 4.74 Å². The second-order valence-electron chi connectivity index (χ2n) is 5.07. The number of nitrogens with zero attached hydrogens (tertiary/aromatic N) is 2. The Bertz CT molecular complexity index is 890. The quantitative estimate of drug-likeness (QED) is 0.441. The lowest BCUT2D eigenvalue weighted by Gasteiger charge is -2.04. The number of ether oxygens (including phenoxy) is 1. The van der Waals surface area contributed by atoms with E-state index in [1.807, 2.05) is 12.1 Å². The largest absolute Gasteiger partial charge is 0.438 e. The molecule has 1 heterocycles. The number of hydrogen-bond acceptors (Lipinski definition) is 4. The van der Waals surface area contributed by atoms with Crippen molar-refractivity contribution in [3.63, 3.8) is 0 Å². The Morgan fingerprint density at radius 3 is 2.24 bits per heavy atom. The number of aromatic nitrogens is 2. The molecule has 6 heteroatoms. The van der Waals surface area contributed by atoms with Gasteiger partial charge in [-0.05, 0) is 54.1 Å². The Morgan fingerprint density at radius 1 is 0.880 bits per heavy atom. The summed E-state index contributed by atoms with van der Waals surface area (Å²) in [5.74, 6) is 0.772. The van der Waals surface area contributed by atoms with E-state index in [1.54, 1.807) is 54.6 Å². The van der Waals surface area contributed by atoms with Crippen molar-refractivity contribution < 1.29 is 9.53 Å². The van der Waals surface area contributed by atoms with Crippen LogP contribution in [-0.4, -0.2) is 16.0 Å². The zero-order valence-corrected chi connectivity index (χ0v) is 14.4. The highest BCUT2D eigenvalue weighted by atomic mass is 35.5. The summed E-state index contributed by atoms with van der Waals surface area (Å²) in [5.41, 5.74) is 1.46. The van der Waals surface area contributed by atoms with Gasteiger partial charge < -0.3 is 4.74 Å². The summed E-state index contributed by atoms with van der Waals surface area (Å²) < 4.78 is 5.53. The average Bonchev–Trinajstić information content (AvgIpc) is 2.63. The van der Waals surface area contributed by atoms with E-state index in [4.69, 9.17) is 27.9 Å². The Morgan fingerprint density at radius 2 is 1.60 bits per heavy atom. The first kappa shape index (κ1) is 17.1. The predicted molar refractivity (Wildman–Crippen MR) is 98.4 cm³/mol. The highest BCUT2D eigenvalue weighted by molar-refractivity contribution is 6.30. The van der Waals surface area contributed by atoms with Gasteiger partial charge in [0.2, 0.25) is 5.88 Å². The lowest BCUT2D eigenvalue weighted by Crippen LogP contribution is -1.95. The van der Waals surface area contributed by atoms with E-state index in [1.165, 1.54) is 6.08 Å². The molecule has 0 saturated carbocycles. The molecule has 0 saturated heterocycles. The van der Waals surface area contributed by atoms with E-state index in [0.29, 0.717) is 27.4 Å². The molecule has 0 bridgehead atoms. The molecule has 1 aromatic heterocycles. The fourth-order valence-electron chi connectivity index (χ4n) is 2.01. The molecule has 0 spiro atoms. The molecule has 124 valence electrons. The maximum Gasteiger partial charge on any atom is 0.238 e. The minimum Gasteiger partial charge on any atom is -0.438 e. The van der Waals surface area contributed by atoms with Crippen LogP contribution in [0.5, 0.6) is 11.6 Å². The van der Waals surface area contributed by atoms with Crippen molar-refractivity contribution in [2.75, 3.05) is 0 Å². The summed E-state index contributed by atoms with van der Waals surface area (Å²) >= 11 is 11.5. The van der Waals surface area contributed by atoms with Crippen molar-refractivity contribution in [3.05, 3.63) is 88.0 Å². The fraction of sp³-hybridized carbons (Fsp3) is 0. The zero-order valence-electron chi connectivity index (χ0n) is 12.9. The maximum atomic E-state index is 12.2. The van der Waals surface area contributed by atoms with Gasteiger partial charge in [0.25, 0.3) is 0 Å². The normalized spacial score (nSPS) is 10.8. The van der Waals surface area contributed by atoms with E-state index >= 15 is 0 Å². The molecule has 0 aliphatic rings. The topological polar surface area (TPSA) is 52.1 Å². The third-order valence-electron chi connectivity index (χ3n) is 3.27. The Hall–Kier alpha value is -2.69. The van der Waals surface area contributed by atoms with Gasteiger partial charge in [-0.15, -0.1) is 10.2 Å². The van der Waals surface area contributed by atoms with Gasteiger partial charge in [0.1, 0.15) is 5.75 Å². The van der Waals surface area contributed by atoms with Gasteiger partial charge in [0, 0.05) is 16.7 Å².